The molecule has 0 radical (unpaired) electrons. The van der Waals surface area contributed by atoms with E-state index >= 15 is 0 Å². The van der Waals surface area contributed by atoms with Crippen LogP contribution in [0.15, 0.2) is 15.9 Å². The largest absolute Gasteiger partial charge is 0.312 e. The Morgan fingerprint density at radius 2 is 2.21 bits per heavy atom. The molecule has 1 N–H and O–H groups in total. The zero-order valence-electron chi connectivity index (χ0n) is 11.4. The van der Waals surface area contributed by atoms with Gasteiger partial charge in [0, 0.05) is 54.2 Å². The number of piperazine rings is 3. The minimum absolute atomic E-state index is 0.572. The van der Waals surface area contributed by atoms with Gasteiger partial charge in [-0.3, -0.25) is 9.80 Å². The van der Waals surface area contributed by atoms with Crippen LogP contribution in [0.4, 0.5) is 0 Å². The molecule has 106 valence electrons. The molecule has 0 saturated carbocycles. The maximum Gasteiger partial charge on any atom is 0.0381 e. The van der Waals surface area contributed by atoms with Crippen LogP contribution in [0, 0.1) is 0 Å². The number of rotatable bonds is 5. The molecule has 4 rings (SSSR count). The number of thiophene rings is 1. The van der Waals surface area contributed by atoms with Crippen molar-refractivity contribution in [2.24, 2.45) is 0 Å². The third-order valence-corrected chi connectivity index (χ3v) is 6.30. The minimum atomic E-state index is 0.572. The molecule has 2 bridgehead atoms. The second-order valence-electron chi connectivity index (χ2n) is 5.46. The summed E-state index contributed by atoms with van der Waals surface area (Å²) in [6, 6.07) is 3.42. The molecule has 3 saturated heterocycles. The third kappa shape index (κ3) is 3.05. The molecule has 4 heterocycles. The number of likely N-dealkylation sites (N-methyl/N-ethyl adjacent to an activating group) is 1. The van der Waals surface area contributed by atoms with E-state index in [-0.39, 0.29) is 0 Å². The highest BCUT2D eigenvalue weighted by atomic mass is 79.9. The number of hydrogen-bond donors (Lipinski definition) is 1. The number of halogens is 1. The van der Waals surface area contributed by atoms with Crippen LogP contribution >= 0.6 is 27.3 Å². The molecule has 2 atom stereocenters. The lowest BCUT2D eigenvalue weighted by molar-refractivity contribution is -0.00279. The average Bonchev–Trinajstić information content (AvgIpc) is 2.85. The van der Waals surface area contributed by atoms with E-state index < -0.39 is 0 Å². The zero-order valence-corrected chi connectivity index (χ0v) is 13.8. The highest BCUT2D eigenvalue weighted by Gasteiger charge is 2.36. The monoisotopic (exact) mass is 343 g/mol. The number of fused-ring (bicyclic) bond motifs is 3. The molecule has 0 aliphatic carbocycles. The fourth-order valence-corrected chi connectivity index (χ4v) is 4.89. The second-order valence-corrected chi connectivity index (χ2v) is 7.32. The Hall–Kier alpha value is 0.0600. The molecule has 2 unspecified atom stereocenters. The van der Waals surface area contributed by atoms with Crippen LogP contribution in [0.25, 0.3) is 0 Å². The third-order valence-electron chi connectivity index (χ3n) is 4.35. The molecule has 1 aromatic rings. The summed E-state index contributed by atoms with van der Waals surface area (Å²) in [7, 11) is 0. The van der Waals surface area contributed by atoms with E-state index in [1.54, 1.807) is 0 Å². The molecule has 3 aliphatic rings. The molecule has 3 aliphatic heterocycles. The van der Waals surface area contributed by atoms with Crippen molar-refractivity contribution in [3.63, 3.8) is 0 Å². The van der Waals surface area contributed by atoms with Gasteiger partial charge < -0.3 is 5.32 Å². The Labute approximate surface area is 128 Å². The maximum atomic E-state index is 3.72. The van der Waals surface area contributed by atoms with Gasteiger partial charge in [-0.2, -0.15) is 0 Å². The van der Waals surface area contributed by atoms with Gasteiger partial charge in [0.05, 0.1) is 0 Å². The quantitative estimate of drug-likeness (QED) is 0.882. The molecule has 3 fully saturated rings. The van der Waals surface area contributed by atoms with Gasteiger partial charge >= 0.3 is 0 Å². The first-order chi connectivity index (χ1) is 9.28. The average molecular weight is 344 g/mol. The molecule has 0 amide bonds. The summed E-state index contributed by atoms with van der Waals surface area (Å²) in [6.07, 6.45) is 1.14. The van der Waals surface area contributed by atoms with Gasteiger partial charge in [-0.15, -0.1) is 11.3 Å². The summed E-state index contributed by atoms with van der Waals surface area (Å²) in [4.78, 5) is 6.79. The molecular weight excluding hydrogens is 322 g/mol. The predicted octanol–water partition coefficient (Wildman–Crippen LogP) is 2.03. The Morgan fingerprint density at radius 1 is 1.42 bits per heavy atom. The maximum absolute atomic E-state index is 3.72. The zero-order chi connectivity index (χ0) is 13.2. The van der Waals surface area contributed by atoms with Crippen molar-refractivity contribution < 1.29 is 0 Å². The van der Waals surface area contributed by atoms with Gasteiger partial charge in [-0.1, -0.05) is 6.92 Å². The first kappa shape index (κ1) is 14.0. The normalized spacial score (nSPS) is 31.6. The van der Waals surface area contributed by atoms with Crippen molar-refractivity contribution in [3.8, 4) is 0 Å². The molecule has 0 aromatic carbocycles. The molecule has 5 heteroatoms. The molecule has 0 spiro atoms. The van der Waals surface area contributed by atoms with Gasteiger partial charge in [-0.25, -0.2) is 0 Å². The van der Waals surface area contributed by atoms with Gasteiger partial charge in [0.15, 0.2) is 0 Å². The van der Waals surface area contributed by atoms with E-state index in [1.807, 2.05) is 11.3 Å². The number of nitrogens with one attached hydrogen (secondary N) is 1. The summed E-state index contributed by atoms with van der Waals surface area (Å²) in [5.41, 5.74) is 0. The number of nitrogens with zero attached hydrogens (tertiary/aromatic N) is 2. The van der Waals surface area contributed by atoms with Crippen LogP contribution in [-0.2, 0) is 6.42 Å². The van der Waals surface area contributed by atoms with Gasteiger partial charge in [0.25, 0.3) is 0 Å². The Balaban J connectivity index is 1.72. The minimum Gasteiger partial charge on any atom is -0.312 e. The lowest BCUT2D eigenvalue weighted by Crippen LogP contribution is -2.66. The molecule has 19 heavy (non-hydrogen) atoms. The highest BCUT2D eigenvalue weighted by molar-refractivity contribution is 9.10. The first-order valence-electron chi connectivity index (χ1n) is 7.19. The van der Waals surface area contributed by atoms with Crippen LogP contribution in [0.3, 0.4) is 0 Å². The van der Waals surface area contributed by atoms with Crippen molar-refractivity contribution in [1.29, 1.82) is 0 Å². The van der Waals surface area contributed by atoms with Gasteiger partial charge in [-0.05, 0) is 40.3 Å². The number of hydrogen-bond acceptors (Lipinski definition) is 4. The Bertz CT molecular complexity index is 415. The van der Waals surface area contributed by atoms with Crippen LogP contribution in [0.5, 0.6) is 0 Å². The van der Waals surface area contributed by atoms with Crippen molar-refractivity contribution in [2.75, 3.05) is 39.3 Å². The van der Waals surface area contributed by atoms with Crippen LogP contribution in [0.2, 0.25) is 0 Å². The van der Waals surface area contributed by atoms with Crippen LogP contribution in [-0.4, -0.2) is 61.2 Å². The fourth-order valence-electron chi connectivity index (χ4n) is 3.32. The van der Waals surface area contributed by atoms with Crippen molar-refractivity contribution in [2.45, 2.75) is 25.4 Å². The van der Waals surface area contributed by atoms with Crippen molar-refractivity contribution in [3.05, 3.63) is 20.8 Å². The lowest BCUT2D eigenvalue weighted by Gasteiger charge is -2.50. The van der Waals surface area contributed by atoms with E-state index in [2.05, 4.69) is 49.4 Å². The summed E-state index contributed by atoms with van der Waals surface area (Å²) in [6.45, 7) is 9.53. The van der Waals surface area contributed by atoms with E-state index in [9.17, 15) is 0 Å². The smallest absolute Gasteiger partial charge is 0.0381 e. The van der Waals surface area contributed by atoms with E-state index in [1.165, 1.54) is 42.1 Å². The van der Waals surface area contributed by atoms with Crippen molar-refractivity contribution in [1.82, 2.24) is 15.1 Å². The summed E-state index contributed by atoms with van der Waals surface area (Å²) < 4.78 is 1.27. The van der Waals surface area contributed by atoms with Crippen LogP contribution < -0.4 is 5.32 Å². The Kier molecular flexibility index (Phi) is 4.59. The van der Waals surface area contributed by atoms with E-state index in [0.717, 1.165) is 13.0 Å². The van der Waals surface area contributed by atoms with E-state index in [4.69, 9.17) is 0 Å². The topological polar surface area (TPSA) is 18.5 Å². The molecule has 1 aromatic heterocycles. The molecular formula is C14H22BrN3S. The first-order valence-corrected chi connectivity index (χ1v) is 8.87. The summed E-state index contributed by atoms with van der Waals surface area (Å²) >= 11 is 5.54. The second kappa shape index (κ2) is 6.22. The summed E-state index contributed by atoms with van der Waals surface area (Å²) in [5, 5.41) is 5.90. The van der Waals surface area contributed by atoms with Gasteiger partial charge in [0.2, 0.25) is 0 Å². The standard InChI is InChI=1S/C14H22BrN3S/c1-2-16-12(9-14-11(15)3-8-19-14)13-10-17-4-6-18(13)7-5-17/h3,8,12-13,16H,2,4-7,9-10H2,1H3. The van der Waals surface area contributed by atoms with Crippen LogP contribution in [0.1, 0.15) is 11.8 Å². The predicted molar refractivity (Wildman–Crippen MR) is 85.0 cm³/mol. The molecule has 3 nitrogen and oxygen atoms in total. The Morgan fingerprint density at radius 3 is 2.74 bits per heavy atom. The summed E-state index contributed by atoms with van der Waals surface area (Å²) in [5.74, 6) is 0. The fraction of sp³-hybridized carbons (Fsp3) is 0.714. The van der Waals surface area contributed by atoms with Gasteiger partial charge in [0.1, 0.15) is 0 Å². The SMILES string of the molecule is CCNC(Cc1sccc1Br)C1CN2CCN1CC2. The van der Waals surface area contributed by atoms with E-state index in [0.29, 0.717) is 12.1 Å². The lowest BCUT2D eigenvalue weighted by atomic mass is 9.97. The van der Waals surface area contributed by atoms with Crippen molar-refractivity contribution >= 4 is 27.3 Å². The highest BCUT2D eigenvalue weighted by Crippen LogP contribution is 2.27.